The first-order valence-electron chi connectivity index (χ1n) is 7.54. The number of hydrogen-bond acceptors (Lipinski definition) is 4. The van der Waals surface area contributed by atoms with Crippen molar-refractivity contribution in [3.8, 4) is 0 Å². The van der Waals surface area contributed by atoms with E-state index >= 15 is 0 Å². The first-order chi connectivity index (χ1) is 12.0. The maximum absolute atomic E-state index is 12.6. The largest absolute Gasteiger partial charge is 0.320 e. The van der Waals surface area contributed by atoms with Crippen LogP contribution in [0.3, 0.4) is 0 Å². The lowest BCUT2D eigenvalue weighted by Gasteiger charge is -2.16. The fourth-order valence-corrected chi connectivity index (χ4v) is 3.08. The summed E-state index contributed by atoms with van der Waals surface area (Å²) in [7, 11) is 3.80. The normalized spacial score (nSPS) is 10.9. The van der Waals surface area contributed by atoms with Crippen molar-refractivity contribution >= 4 is 51.4 Å². The Bertz CT molecular complexity index is 923. The fraction of sp³-hybridized carbons (Fsp3) is 0.111. The molecule has 0 atom stereocenters. The highest BCUT2D eigenvalue weighted by Crippen LogP contribution is 2.29. The second kappa shape index (κ2) is 7.27. The minimum atomic E-state index is -0.379. The van der Waals surface area contributed by atoms with Crippen molar-refractivity contribution in [2.75, 3.05) is 24.8 Å². The second-order valence-corrected chi connectivity index (χ2v) is 6.43. The van der Waals surface area contributed by atoms with Crippen LogP contribution in [0.1, 0.15) is 10.4 Å². The van der Waals surface area contributed by atoms with E-state index in [0.717, 1.165) is 11.1 Å². The van der Waals surface area contributed by atoms with E-state index in [1.54, 1.807) is 30.5 Å². The van der Waals surface area contributed by atoms with Crippen LogP contribution in [0.2, 0.25) is 10.0 Å². The summed E-state index contributed by atoms with van der Waals surface area (Å²) in [5.41, 5.74) is 5.60. The summed E-state index contributed by atoms with van der Waals surface area (Å²) in [5.74, 6) is -0.379. The van der Waals surface area contributed by atoms with Gasteiger partial charge < -0.3 is 10.7 Å². The molecule has 0 fully saturated rings. The Morgan fingerprint density at radius 2 is 1.68 bits per heavy atom. The van der Waals surface area contributed by atoms with Gasteiger partial charge in [0.15, 0.2) is 0 Å². The molecule has 0 aliphatic heterocycles. The molecule has 0 spiro atoms. The molecule has 3 rings (SSSR count). The number of nitrogens with one attached hydrogen (secondary N) is 2. The van der Waals surface area contributed by atoms with Gasteiger partial charge in [0.2, 0.25) is 0 Å². The monoisotopic (exact) mass is 374 g/mol. The molecule has 25 heavy (non-hydrogen) atoms. The summed E-state index contributed by atoms with van der Waals surface area (Å²) >= 11 is 12.2. The van der Waals surface area contributed by atoms with Gasteiger partial charge in [0.25, 0.3) is 5.91 Å². The number of hydrogen-bond donors (Lipinski definition) is 2. The fourth-order valence-electron chi connectivity index (χ4n) is 2.51. The highest BCUT2D eigenvalue weighted by Gasteiger charge is 2.16. The van der Waals surface area contributed by atoms with Gasteiger partial charge in [-0.3, -0.25) is 9.78 Å². The molecule has 1 aromatic heterocycles. The van der Waals surface area contributed by atoms with E-state index in [4.69, 9.17) is 23.2 Å². The van der Waals surface area contributed by atoms with Crippen LogP contribution >= 0.6 is 23.2 Å². The number of rotatable bonds is 4. The third kappa shape index (κ3) is 3.69. The summed E-state index contributed by atoms with van der Waals surface area (Å²) in [6.45, 7) is 0. The van der Waals surface area contributed by atoms with Crippen molar-refractivity contribution < 1.29 is 4.79 Å². The van der Waals surface area contributed by atoms with Crippen LogP contribution < -0.4 is 10.7 Å². The predicted molar refractivity (Wildman–Crippen MR) is 103 cm³/mol. The topological polar surface area (TPSA) is 57.3 Å². The molecule has 0 saturated heterocycles. The maximum atomic E-state index is 12.6. The van der Waals surface area contributed by atoms with E-state index < -0.39 is 0 Å². The van der Waals surface area contributed by atoms with E-state index in [1.807, 2.05) is 37.3 Å². The molecular weight excluding hydrogens is 359 g/mol. The Balaban J connectivity index is 2.01. The predicted octanol–water partition coefficient (Wildman–Crippen LogP) is 4.68. The molecule has 5 nitrogen and oxygen atoms in total. The third-order valence-electron chi connectivity index (χ3n) is 3.55. The van der Waals surface area contributed by atoms with Crippen LogP contribution in [0.25, 0.3) is 10.9 Å². The van der Waals surface area contributed by atoms with Crippen molar-refractivity contribution in [2.24, 2.45) is 0 Å². The molecule has 1 amide bonds. The first-order valence-corrected chi connectivity index (χ1v) is 8.30. The zero-order chi connectivity index (χ0) is 18.0. The molecule has 2 aromatic carbocycles. The van der Waals surface area contributed by atoms with Crippen molar-refractivity contribution in [3.63, 3.8) is 0 Å². The average molecular weight is 375 g/mol. The van der Waals surface area contributed by atoms with Crippen LogP contribution in [0, 0.1) is 0 Å². The number of carbonyl (C=O) groups is 1. The Hall–Kier alpha value is -2.34. The number of benzene rings is 2. The minimum absolute atomic E-state index is 0.241. The van der Waals surface area contributed by atoms with E-state index in [9.17, 15) is 4.79 Å². The summed E-state index contributed by atoms with van der Waals surface area (Å²) in [6.07, 6.45) is 1.69. The Kier molecular flexibility index (Phi) is 5.08. The minimum Gasteiger partial charge on any atom is -0.320 e. The van der Waals surface area contributed by atoms with E-state index in [0.29, 0.717) is 21.2 Å². The molecule has 0 bridgehead atoms. The van der Waals surface area contributed by atoms with Gasteiger partial charge in [-0.05, 0) is 24.3 Å². The molecule has 7 heteroatoms. The third-order valence-corrected chi connectivity index (χ3v) is 4.18. The smallest absolute Gasteiger partial charge is 0.258 e. The maximum Gasteiger partial charge on any atom is 0.258 e. The number of fused-ring (bicyclic) bond motifs is 1. The molecular formula is C18H16Cl2N4O. The summed E-state index contributed by atoms with van der Waals surface area (Å²) in [5, 5.41) is 6.18. The molecule has 0 unspecified atom stereocenters. The van der Waals surface area contributed by atoms with E-state index in [-0.39, 0.29) is 11.5 Å². The number of halogens is 2. The molecule has 0 radical (unpaired) electrons. The van der Waals surface area contributed by atoms with Gasteiger partial charge in [-0.2, -0.15) is 0 Å². The lowest BCUT2D eigenvalue weighted by Crippen LogP contribution is -2.19. The van der Waals surface area contributed by atoms with Gasteiger partial charge >= 0.3 is 0 Å². The number of carbonyl (C=O) groups excluding carboxylic acids is 1. The molecule has 2 N–H and O–H groups in total. The van der Waals surface area contributed by atoms with Crippen LogP contribution in [0.15, 0.2) is 48.7 Å². The van der Waals surface area contributed by atoms with Crippen molar-refractivity contribution in [1.82, 2.24) is 9.99 Å². The zero-order valence-electron chi connectivity index (χ0n) is 13.7. The van der Waals surface area contributed by atoms with Gasteiger partial charge in [0.05, 0.1) is 32.5 Å². The highest BCUT2D eigenvalue weighted by atomic mass is 35.5. The van der Waals surface area contributed by atoms with Crippen molar-refractivity contribution in [2.45, 2.75) is 0 Å². The summed E-state index contributed by atoms with van der Waals surface area (Å²) in [4.78, 5) is 17.0. The highest BCUT2D eigenvalue weighted by molar-refractivity contribution is 6.40. The average Bonchev–Trinajstić information content (AvgIpc) is 2.55. The number of amides is 1. The number of para-hydroxylation sites is 1. The number of nitrogens with zero attached hydrogens (tertiary/aromatic N) is 2. The Labute approximate surface area is 155 Å². The molecule has 3 aromatic rings. The Morgan fingerprint density at radius 1 is 1.00 bits per heavy atom. The van der Waals surface area contributed by atoms with Crippen LogP contribution in [-0.2, 0) is 0 Å². The second-order valence-electron chi connectivity index (χ2n) is 5.62. The molecule has 1 heterocycles. The molecule has 0 aliphatic carbocycles. The summed E-state index contributed by atoms with van der Waals surface area (Å²) < 4.78 is 0. The number of aromatic nitrogens is 1. The van der Waals surface area contributed by atoms with Gasteiger partial charge in [-0.25, -0.2) is 5.01 Å². The quantitative estimate of drug-likeness (QED) is 0.650. The lowest BCUT2D eigenvalue weighted by molar-refractivity contribution is 0.102. The van der Waals surface area contributed by atoms with E-state index in [2.05, 4.69) is 15.7 Å². The molecule has 0 saturated carbocycles. The van der Waals surface area contributed by atoms with Gasteiger partial charge in [-0.15, -0.1) is 0 Å². The van der Waals surface area contributed by atoms with Gasteiger partial charge in [0, 0.05) is 25.7 Å². The lowest BCUT2D eigenvalue weighted by atomic mass is 10.1. The Morgan fingerprint density at radius 3 is 2.36 bits per heavy atom. The zero-order valence-corrected chi connectivity index (χ0v) is 15.2. The SMILES string of the molecule is CN(C)Nc1ccnc2c(NC(=O)c3c(Cl)cccc3Cl)cccc12. The standard InChI is InChI=1S/C18H16Cl2N4O/c1-24(2)23-14-9-10-21-17-11(14)5-3-8-15(17)22-18(25)16-12(19)6-4-7-13(16)20/h3-10H,1-2H3,(H,21,23)(H,22,25). The number of pyridine rings is 1. The summed E-state index contributed by atoms with van der Waals surface area (Å²) in [6, 6.07) is 12.4. The van der Waals surface area contributed by atoms with Crippen molar-refractivity contribution in [1.29, 1.82) is 0 Å². The van der Waals surface area contributed by atoms with Gasteiger partial charge in [0.1, 0.15) is 0 Å². The van der Waals surface area contributed by atoms with Crippen molar-refractivity contribution in [3.05, 3.63) is 64.3 Å². The van der Waals surface area contributed by atoms with Crippen LogP contribution in [0.5, 0.6) is 0 Å². The molecule has 0 aliphatic rings. The molecule has 128 valence electrons. The first kappa shape index (κ1) is 17.5. The number of anilines is 2. The van der Waals surface area contributed by atoms with E-state index in [1.165, 1.54) is 0 Å². The van der Waals surface area contributed by atoms with Crippen LogP contribution in [0.4, 0.5) is 11.4 Å². The van der Waals surface area contributed by atoms with Gasteiger partial charge in [-0.1, -0.05) is 41.4 Å². The van der Waals surface area contributed by atoms with Crippen LogP contribution in [-0.4, -0.2) is 30.0 Å². The number of hydrazine groups is 1.